The number of hydrogen-bond acceptors (Lipinski definition) is 3. The van der Waals surface area contributed by atoms with Gasteiger partial charge >= 0.3 is 0 Å². The number of H-pyrrole nitrogens is 1. The first-order valence-corrected chi connectivity index (χ1v) is 7.65. The van der Waals surface area contributed by atoms with Crippen molar-refractivity contribution in [3.05, 3.63) is 43.0 Å². The van der Waals surface area contributed by atoms with Crippen LogP contribution in [0.2, 0.25) is 0 Å². The van der Waals surface area contributed by atoms with Crippen LogP contribution >= 0.6 is 0 Å². The third-order valence-corrected chi connectivity index (χ3v) is 4.18. The first kappa shape index (κ1) is 13.8. The molecule has 0 aliphatic rings. The van der Waals surface area contributed by atoms with Gasteiger partial charge in [0.15, 0.2) is 0 Å². The summed E-state index contributed by atoms with van der Waals surface area (Å²) in [6, 6.07) is 8.74. The second kappa shape index (κ2) is 5.12. The molecule has 4 aromatic rings. The molecule has 1 N–H and O–H groups in total. The van der Waals surface area contributed by atoms with E-state index in [4.69, 9.17) is 4.74 Å². The van der Waals surface area contributed by atoms with Gasteiger partial charge in [-0.3, -0.25) is 0 Å². The van der Waals surface area contributed by atoms with Crippen molar-refractivity contribution in [2.24, 2.45) is 0 Å². The number of pyridine rings is 1. The number of nitrogens with zero attached hydrogens (tertiary/aromatic N) is 3. The van der Waals surface area contributed by atoms with Crippen LogP contribution in [0.4, 0.5) is 0 Å². The van der Waals surface area contributed by atoms with E-state index in [1.165, 1.54) is 0 Å². The summed E-state index contributed by atoms with van der Waals surface area (Å²) in [4.78, 5) is 12.1. The number of ether oxygens (including phenoxy) is 1. The van der Waals surface area contributed by atoms with Crippen LogP contribution in [0.1, 0.15) is 19.9 Å². The average Bonchev–Trinajstić information content (AvgIpc) is 3.17. The molecule has 0 atom stereocenters. The minimum Gasteiger partial charge on any atom is -0.495 e. The lowest BCUT2D eigenvalue weighted by atomic mass is 10.0. The lowest BCUT2D eigenvalue weighted by molar-refractivity contribution is 0.414. The van der Waals surface area contributed by atoms with Crippen molar-refractivity contribution in [1.82, 2.24) is 19.5 Å². The van der Waals surface area contributed by atoms with Gasteiger partial charge in [0, 0.05) is 23.2 Å². The van der Waals surface area contributed by atoms with Crippen LogP contribution in [0.25, 0.3) is 33.2 Å². The van der Waals surface area contributed by atoms with E-state index in [0.717, 1.165) is 38.9 Å². The third-order valence-electron chi connectivity index (χ3n) is 4.18. The second-order valence-electron chi connectivity index (χ2n) is 5.92. The molecule has 0 aliphatic carbocycles. The predicted molar refractivity (Wildman–Crippen MR) is 91.8 cm³/mol. The van der Waals surface area contributed by atoms with Crippen LogP contribution in [0, 0.1) is 0 Å². The molecular formula is C18H18N4O. The molecule has 0 bridgehead atoms. The number of imidazole rings is 1. The minimum atomic E-state index is 0.375. The second-order valence-corrected chi connectivity index (χ2v) is 5.92. The van der Waals surface area contributed by atoms with Crippen molar-refractivity contribution in [2.75, 3.05) is 7.11 Å². The van der Waals surface area contributed by atoms with E-state index in [9.17, 15) is 0 Å². The van der Waals surface area contributed by atoms with Crippen molar-refractivity contribution in [2.45, 2.75) is 19.9 Å². The lowest BCUT2D eigenvalue weighted by Gasteiger charge is -2.09. The Balaban J connectivity index is 1.93. The number of benzene rings is 1. The first-order chi connectivity index (χ1) is 11.2. The Morgan fingerprint density at radius 1 is 1.17 bits per heavy atom. The smallest absolute Gasteiger partial charge is 0.138 e. The minimum absolute atomic E-state index is 0.375. The van der Waals surface area contributed by atoms with Crippen LogP contribution in [0.15, 0.2) is 43.0 Å². The molecule has 116 valence electrons. The zero-order chi connectivity index (χ0) is 16.0. The maximum absolute atomic E-state index is 5.30. The Morgan fingerprint density at radius 3 is 2.83 bits per heavy atom. The molecule has 23 heavy (non-hydrogen) atoms. The summed E-state index contributed by atoms with van der Waals surface area (Å²) in [5.74, 6) is 0.756. The zero-order valence-electron chi connectivity index (χ0n) is 13.4. The van der Waals surface area contributed by atoms with Gasteiger partial charge in [0.25, 0.3) is 0 Å². The molecule has 4 rings (SSSR count). The highest BCUT2D eigenvalue weighted by atomic mass is 16.5. The predicted octanol–water partition coefficient (Wildman–Crippen LogP) is 4.17. The van der Waals surface area contributed by atoms with Gasteiger partial charge in [-0.15, -0.1) is 0 Å². The molecule has 0 fully saturated rings. The Labute approximate surface area is 133 Å². The summed E-state index contributed by atoms with van der Waals surface area (Å²) in [6.07, 6.45) is 5.62. The largest absolute Gasteiger partial charge is 0.495 e. The van der Waals surface area contributed by atoms with E-state index in [1.807, 2.05) is 18.6 Å². The van der Waals surface area contributed by atoms with Gasteiger partial charge in [-0.2, -0.15) is 0 Å². The molecule has 1 aromatic carbocycles. The highest BCUT2D eigenvalue weighted by molar-refractivity contribution is 5.96. The van der Waals surface area contributed by atoms with Crippen LogP contribution in [0.3, 0.4) is 0 Å². The lowest BCUT2D eigenvalue weighted by Crippen LogP contribution is -1.97. The summed E-state index contributed by atoms with van der Waals surface area (Å²) < 4.78 is 7.49. The molecule has 5 nitrogen and oxygen atoms in total. The van der Waals surface area contributed by atoms with Crippen molar-refractivity contribution < 1.29 is 4.74 Å². The van der Waals surface area contributed by atoms with E-state index in [0.29, 0.717) is 6.04 Å². The fraction of sp³-hybridized carbons (Fsp3) is 0.222. The first-order valence-electron chi connectivity index (χ1n) is 7.65. The number of hydrogen-bond donors (Lipinski definition) is 1. The molecule has 0 unspecified atom stereocenters. The SMILES string of the molecule is COc1cnc2[nH]cc(-c3ccc4ncn(C(C)C)c4c3)c2c1. The van der Waals surface area contributed by atoms with E-state index in [2.05, 4.69) is 51.6 Å². The summed E-state index contributed by atoms with van der Waals surface area (Å²) >= 11 is 0. The maximum atomic E-state index is 5.30. The summed E-state index contributed by atoms with van der Waals surface area (Å²) in [5, 5.41) is 1.05. The molecule has 5 heteroatoms. The van der Waals surface area contributed by atoms with Crippen molar-refractivity contribution in [3.63, 3.8) is 0 Å². The van der Waals surface area contributed by atoms with Gasteiger partial charge in [0.1, 0.15) is 11.4 Å². The monoisotopic (exact) mass is 306 g/mol. The van der Waals surface area contributed by atoms with Gasteiger partial charge < -0.3 is 14.3 Å². The van der Waals surface area contributed by atoms with Gasteiger partial charge in [0.05, 0.1) is 30.7 Å². The van der Waals surface area contributed by atoms with Crippen molar-refractivity contribution >= 4 is 22.1 Å². The van der Waals surface area contributed by atoms with Gasteiger partial charge in [0.2, 0.25) is 0 Å². The quantitative estimate of drug-likeness (QED) is 0.618. The van der Waals surface area contributed by atoms with Crippen LogP contribution in [0.5, 0.6) is 5.75 Å². The Bertz CT molecular complexity index is 997. The van der Waals surface area contributed by atoms with Gasteiger partial charge in [-0.1, -0.05) is 6.07 Å². The standard InChI is InChI=1S/C18H18N4O/c1-11(2)22-10-21-16-5-4-12(6-17(16)22)15-9-20-18-14(15)7-13(23-3)8-19-18/h4-11H,1-3H3,(H,19,20). The van der Waals surface area contributed by atoms with E-state index >= 15 is 0 Å². The van der Waals surface area contributed by atoms with E-state index < -0.39 is 0 Å². The van der Waals surface area contributed by atoms with E-state index in [-0.39, 0.29) is 0 Å². The van der Waals surface area contributed by atoms with Crippen LogP contribution in [-0.2, 0) is 0 Å². The number of fused-ring (bicyclic) bond motifs is 2. The summed E-state index contributed by atoms with van der Waals surface area (Å²) in [5.41, 5.74) is 5.27. The van der Waals surface area contributed by atoms with Crippen LogP contribution < -0.4 is 4.74 Å². The van der Waals surface area contributed by atoms with Crippen LogP contribution in [-0.4, -0.2) is 26.6 Å². The molecular weight excluding hydrogens is 288 g/mol. The normalized spacial score (nSPS) is 11.7. The van der Waals surface area contributed by atoms with Crippen molar-refractivity contribution in [3.8, 4) is 16.9 Å². The third kappa shape index (κ3) is 2.16. The van der Waals surface area contributed by atoms with Crippen molar-refractivity contribution in [1.29, 1.82) is 0 Å². The van der Waals surface area contributed by atoms with Gasteiger partial charge in [-0.05, 0) is 37.6 Å². The Morgan fingerprint density at radius 2 is 2.04 bits per heavy atom. The van der Waals surface area contributed by atoms with E-state index in [1.54, 1.807) is 13.3 Å². The molecule has 0 saturated carbocycles. The number of aromatic amines is 1. The van der Waals surface area contributed by atoms with Gasteiger partial charge in [-0.25, -0.2) is 9.97 Å². The molecule has 3 aromatic heterocycles. The molecule has 0 radical (unpaired) electrons. The zero-order valence-corrected chi connectivity index (χ0v) is 13.4. The maximum Gasteiger partial charge on any atom is 0.138 e. The highest BCUT2D eigenvalue weighted by Gasteiger charge is 2.11. The molecule has 0 aliphatic heterocycles. The fourth-order valence-corrected chi connectivity index (χ4v) is 2.94. The number of methoxy groups -OCH3 is 1. The molecule has 0 saturated heterocycles. The Kier molecular flexibility index (Phi) is 3.08. The number of nitrogens with one attached hydrogen (secondary N) is 1. The number of aromatic nitrogens is 4. The summed E-state index contributed by atoms with van der Waals surface area (Å²) in [7, 11) is 1.66. The fourth-order valence-electron chi connectivity index (χ4n) is 2.94. The highest BCUT2D eigenvalue weighted by Crippen LogP contribution is 2.32. The topological polar surface area (TPSA) is 55.7 Å². The molecule has 0 spiro atoms. The molecule has 3 heterocycles. The number of rotatable bonds is 3. The summed E-state index contributed by atoms with van der Waals surface area (Å²) in [6.45, 7) is 4.32. The molecule has 0 amide bonds. The Hall–Kier alpha value is -2.82. The average molecular weight is 306 g/mol.